The van der Waals surface area contributed by atoms with Crippen LogP contribution in [0.4, 0.5) is 0 Å². The molecule has 5 nitrogen and oxygen atoms in total. The minimum absolute atomic E-state index is 0.0327. The summed E-state index contributed by atoms with van der Waals surface area (Å²) in [5.74, 6) is -0.303. The molecule has 0 heterocycles. The first-order valence-corrected chi connectivity index (χ1v) is 6.24. The van der Waals surface area contributed by atoms with Crippen LogP contribution in [0.1, 0.15) is 39.5 Å². The Balaban J connectivity index is 2.61. The predicted octanol–water partition coefficient (Wildman–Crippen LogP) is 0.274. The third-order valence-electron chi connectivity index (χ3n) is 3.18. The Labute approximate surface area is 102 Å². The lowest BCUT2D eigenvalue weighted by atomic mass is 10.1. The van der Waals surface area contributed by atoms with Crippen molar-refractivity contribution in [1.29, 1.82) is 0 Å². The summed E-state index contributed by atoms with van der Waals surface area (Å²) in [5.41, 5.74) is 0. The zero-order valence-corrected chi connectivity index (χ0v) is 10.6. The highest BCUT2D eigenvalue weighted by molar-refractivity contribution is 5.86. The average Bonchev–Trinajstić information content (AvgIpc) is 2.77. The van der Waals surface area contributed by atoms with E-state index >= 15 is 0 Å². The van der Waals surface area contributed by atoms with Gasteiger partial charge < -0.3 is 15.3 Å². The molecule has 1 fully saturated rings. The van der Waals surface area contributed by atoms with Gasteiger partial charge >= 0.3 is 0 Å². The lowest BCUT2D eigenvalue weighted by Gasteiger charge is -2.30. The number of hydrogen-bond acceptors (Lipinski definition) is 3. The maximum absolute atomic E-state index is 12.2. The lowest BCUT2D eigenvalue weighted by molar-refractivity contribution is -0.138. The number of aliphatic hydroxyl groups is 1. The van der Waals surface area contributed by atoms with Crippen LogP contribution in [-0.2, 0) is 9.59 Å². The van der Waals surface area contributed by atoms with Gasteiger partial charge in [0.05, 0.1) is 6.61 Å². The van der Waals surface area contributed by atoms with E-state index in [-0.39, 0.29) is 24.5 Å². The molecule has 0 aromatic rings. The fourth-order valence-electron chi connectivity index (χ4n) is 2.41. The van der Waals surface area contributed by atoms with Crippen molar-refractivity contribution in [3.8, 4) is 0 Å². The van der Waals surface area contributed by atoms with Gasteiger partial charge in [0.15, 0.2) is 0 Å². The topological polar surface area (TPSA) is 69.6 Å². The van der Waals surface area contributed by atoms with Crippen molar-refractivity contribution in [2.45, 2.75) is 51.6 Å². The van der Waals surface area contributed by atoms with E-state index in [1.54, 1.807) is 11.8 Å². The Morgan fingerprint density at radius 2 is 2.00 bits per heavy atom. The van der Waals surface area contributed by atoms with Gasteiger partial charge in [-0.1, -0.05) is 12.8 Å². The molecule has 1 atom stereocenters. The second-order valence-corrected chi connectivity index (χ2v) is 4.62. The van der Waals surface area contributed by atoms with Crippen molar-refractivity contribution < 1.29 is 14.7 Å². The zero-order chi connectivity index (χ0) is 12.8. The molecule has 0 spiro atoms. The molecule has 5 heteroatoms. The fraction of sp³-hybridized carbons (Fsp3) is 0.833. The predicted molar refractivity (Wildman–Crippen MR) is 64.3 cm³/mol. The van der Waals surface area contributed by atoms with E-state index < -0.39 is 6.04 Å². The van der Waals surface area contributed by atoms with Crippen LogP contribution in [0.5, 0.6) is 0 Å². The number of hydrogen-bond donors (Lipinski definition) is 2. The van der Waals surface area contributed by atoms with Crippen molar-refractivity contribution in [3.05, 3.63) is 0 Å². The van der Waals surface area contributed by atoms with E-state index in [1.165, 1.54) is 6.92 Å². The van der Waals surface area contributed by atoms with Crippen LogP contribution in [0.3, 0.4) is 0 Å². The van der Waals surface area contributed by atoms with E-state index in [9.17, 15) is 9.59 Å². The number of carbonyl (C=O) groups is 2. The van der Waals surface area contributed by atoms with Gasteiger partial charge in [-0.25, -0.2) is 0 Å². The molecule has 2 amide bonds. The van der Waals surface area contributed by atoms with E-state index in [0.717, 1.165) is 25.7 Å². The van der Waals surface area contributed by atoms with Crippen molar-refractivity contribution in [2.75, 3.05) is 13.2 Å². The molecular weight excluding hydrogens is 220 g/mol. The molecule has 98 valence electrons. The molecule has 1 aliphatic rings. The molecule has 0 saturated heterocycles. The summed E-state index contributed by atoms with van der Waals surface area (Å²) >= 11 is 0. The standard InChI is InChI=1S/C12H22N2O3/c1-9(13-10(2)16)12(17)14(7-8-15)11-5-3-4-6-11/h9,11,15H,3-8H2,1-2H3,(H,13,16). The van der Waals surface area contributed by atoms with Crippen LogP contribution in [-0.4, -0.2) is 47.1 Å². The number of rotatable bonds is 5. The van der Waals surface area contributed by atoms with Crippen LogP contribution >= 0.6 is 0 Å². The molecule has 17 heavy (non-hydrogen) atoms. The molecule has 0 aromatic heterocycles. The van der Waals surface area contributed by atoms with Crippen LogP contribution in [0, 0.1) is 0 Å². The lowest BCUT2D eigenvalue weighted by Crippen LogP contribution is -2.50. The quantitative estimate of drug-likeness (QED) is 0.727. The van der Waals surface area contributed by atoms with E-state index in [0.29, 0.717) is 6.54 Å². The van der Waals surface area contributed by atoms with Gasteiger partial charge in [-0.2, -0.15) is 0 Å². The fourth-order valence-corrected chi connectivity index (χ4v) is 2.41. The number of amides is 2. The molecular formula is C12H22N2O3. The van der Waals surface area contributed by atoms with Gasteiger partial charge in [-0.3, -0.25) is 9.59 Å². The molecule has 0 aromatic carbocycles. The van der Waals surface area contributed by atoms with Gasteiger partial charge in [0.1, 0.15) is 6.04 Å². The maximum Gasteiger partial charge on any atom is 0.245 e. The van der Waals surface area contributed by atoms with Crippen LogP contribution in [0.15, 0.2) is 0 Å². The summed E-state index contributed by atoms with van der Waals surface area (Å²) in [6.45, 7) is 3.40. The number of nitrogens with one attached hydrogen (secondary N) is 1. The average molecular weight is 242 g/mol. The Morgan fingerprint density at radius 1 is 1.41 bits per heavy atom. The first-order valence-electron chi connectivity index (χ1n) is 6.24. The van der Waals surface area contributed by atoms with E-state index in [2.05, 4.69) is 5.32 Å². The summed E-state index contributed by atoms with van der Waals surface area (Å²) in [6.07, 6.45) is 4.26. The van der Waals surface area contributed by atoms with E-state index in [4.69, 9.17) is 5.11 Å². The third kappa shape index (κ3) is 4.00. The molecule has 1 saturated carbocycles. The van der Waals surface area contributed by atoms with Crippen LogP contribution in [0.2, 0.25) is 0 Å². The molecule has 0 radical (unpaired) electrons. The Morgan fingerprint density at radius 3 is 2.47 bits per heavy atom. The highest BCUT2D eigenvalue weighted by Gasteiger charge is 2.29. The van der Waals surface area contributed by atoms with Crippen molar-refractivity contribution in [3.63, 3.8) is 0 Å². The smallest absolute Gasteiger partial charge is 0.245 e. The molecule has 0 aliphatic heterocycles. The molecule has 1 rings (SSSR count). The minimum Gasteiger partial charge on any atom is -0.395 e. The Bertz CT molecular complexity index is 275. The summed E-state index contributed by atoms with van der Waals surface area (Å²) in [4.78, 5) is 24.8. The second kappa shape index (κ2) is 6.59. The molecule has 2 N–H and O–H groups in total. The summed E-state index contributed by atoms with van der Waals surface area (Å²) in [6, 6.07) is -0.287. The maximum atomic E-state index is 12.2. The molecule has 1 unspecified atom stereocenters. The van der Waals surface area contributed by atoms with E-state index in [1.807, 2.05) is 0 Å². The normalized spacial score (nSPS) is 17.8. The van der Waals surface area contributed by atoms with Crippen molar-refractivity contribution in [1.82, 2.24) is 10.2 Å². The Kier molecular flexibility index (Phi) is 5.41. The highest BCUT2D eigenvalue weighted by Crippen LogP contribution is 2.23. The van der Waals surface area contributed by atoms with Crippen LogP contribution < -0.4 is 5.32 Å². The number of nitrogens with zero attached hydrogens (tertiary/aromatic N) is 1. The van der Waals surface area contributed by atoms with Gasteiger partial charge in [-0.15, -0.1) is 0 Å². The van der Waals surface area contributed by atoms with Gasteiger partial charge in [0.2, 0.25) is 11.8 Å². The first kappa shape index (κ1) is 14.0. The zero-order valence-electron chi connectivity index (χ0n) is 10.6. The molecule has 0 bridgehead atoms. The number of aliphatic hydroxyl groups excluding tert-OH is 1. The van der Waals surface area contributed by atoms with Gasteiger partial charge in [-0.05, 0) is 19.8 Å². The van der Waals surface area contributed by atoms with Crippen LogP contribution in [0.25, 0.3) is 0 Å². The van der Waals surface area contributed by atoms with Gasteiger partial charge in [0.25, 0.3) is 0 Å². The second-order valence-electron chi connectivity index (χ2n) is 4.62. The van der Waals surface area contributed by atoms with Gasteiger partial charge in [0, 0.05) is 19.5 Å². The van der Waals surface area contributed by atoms with Crippen molar-refractivity contribution >= 4 is 11.8 Å². The minimum atomic E-state index is -0.514. The summed E-state index contributed by atoms with van der Waals surface area (Å²) in [5, 5.41) is 11.6. The summed E-state index contributed by atoms with van der Waals surface area (Å²) < 4.78 is 0. The van der Waals surface area contributed by atoms with Crippen molar-refractivity contribution in [2.24, 2.45) is 0 Å². The first-order chi connectivity index (χ1) is 8.06. The highest BCUT2D eigenvalue weighted by atomic mass is 16.3. The molecule has 1 aliphatic carbocycles. The third-order valence-corrected chi connectivity index (χ3v) is 3.18. The largest absolute Gasteiger partial charge is 0.395 e. The number of carbonyl (C=O) groups excluding carboxylic acids is 2. The summed E-state index contributed by atoms with van der Waals surface area (Å²) in [7, 11) is 0. The monoisotopic (exact) mass is 242 g/mol. The SMILES string of the molecule is CC(=O)NC(C)C(=O)N(CCO)C1CCCC1. The Hall–Kier alpha value is -1.10.